The molecule has 0 radical (unpaired) electrons. The highest BCUT2D eigenvalue weighted by Gasteiger charge is 2.37. The van der Waals surface area contributed by atoms with Crippen LogP contribution in [0.25, 0.3) is 6.08 Å². The van der Waals surface area contributed by atoms with Crippen molar-refractivity contribution in [3.8, 4) is 5.75 Å². The van der Waals surface area contributed by atoms with E-state index in [4.69, 9.17) is 27.9 Å². The molecular weight excluding hydrogens is 555 g/mol. The quantitative estimate of drug-likeness (QED) is 0.275. The minimum Gasteiger partial charge on any atom is -0.488 e. The summed E-state index contributed by atoms with van der Waals surface area (Å²) in [6.45, 7) is 4.33. The average molecular weight is 574 g/mol. The highest BCUT2D eigenvalue weighted by molar-refractivity contribution is 9.10. The number of benzene rings is 3. The fraction of sp³-hybridized carbons (Fsp3) is 0.115. The Balaban J connectivity index is 1.68. The molecule has 4 amide bonds. The number of anilines is 1. The van der Waals surface area contributed by atoms with Crippen molar-refractivity contribution in [2.75, 3.05) is 4.90 Å². The van der Waals surface area contributed by atoms with Crippen LogP contribution in [0.1, 0.15) is 22.3 Å². The second-order valence-corrected chi connectivity index (χ2v) is 9.75. The number of halogens is 3. The van der Waals surface area contributed by atoms with Crippen molar-refractivity contribution in [3.05, 3.63) is 96.9 Å². The molecule has 0 unspecified atom stereocenters. The van der Waals surface area contributed by atoms with E-state index in [9.17, 15) is 14.4 Å². The van der Waals surface area contributed by atoms with Crippen LogP contribution in [-0.2, 0) is 16.2 Å². The summed E-state index contributed by atoms with van der Waals surface area (Å²) in [6.07, 6.45) is 1.40. The smallest absolute Gasteiger partial charge is 0.335 e. The summed E-state index contributed by atoms with van der Waals surface area (Å²) in [5.41, 5.74) is 3.68. The van der Waals surface area contributed by atoms with Crippen LogP contribution >= 0.6 is 39.1 Å². The Morgan fingerprint density at radius 1 is 0.943 bits per heavy atom. The second kappa shape index (κ2) is 10.2. The van der Waals surface area contributed by atoms with Gasteiger partial charge in [0.1, 0.15) is 17.9 Å². The Morgan fingerprint density at radius 2 is 1.66 bits per heavy atom. The van der Waals surface area contributed by atoms with Crippen LogP contribution in [-0.4, -0.2) is 17.8 Å². The number of urea groups is 1. The maximum Gasteiger partial charge on any atom is 0.335 e. The molecule has 1 saturated heterocycles. The molecule has 9 heteroatoms. The molecule has 4 rings (SSSR count). The molecule has 6 nitrogen and oxygen atoms in total. The molecule has 1 aliphatic heterocycles. The molecule has 1 heterocycles. The van der Waals surface area contributed by atoms with Gasteiger partial charge in [-0.15, -0.1) is 0 Å². The van der Waals surface area contributed by atoms with Crippen molar-refractivity contribution in [3.63, 3.8) is 0 Å². The van der Waals surface area contributed by atoms with Crippen LogP contribution in [0.2, 0.25) is 10.0 Å². The molecule has 1 fully saturated rings. The molecule has 0 saturated carbocycles. The highest BCUT2D eigenvalue weighted by atomic mass is 79.9. The zero-order valence-corrected chi connectivity index (χ0v) is 21.8. The van der Waals surface area contributed by atoms with Crippen LogP contribution in [0.3, 0.4) is 0 Å². The third kappa shape index (κ3) is 5.59. The van der Waals surface area contributed by atoms with E-state index in [1.807, 2.05) is 26.0 Å². The fourth-order valence-electron chi connectivity index (χ4n) is 3.75. The predicted molar refractivity (Wildman–Crippen MR) is 140 cm³/mol. The number of nitrogens with one attached hydrogen (secondary N) is 1. The lowest BCUT2D eigenvalue weighted by atomic mass is 10.1. The Kier molecular flexibility index (Phi) is 7.31. The van der Waals surface area contributed by atoms with Gasteiger partial charge in [0.25, 0.3) is 11.8 Å². The van der Waals surface area contributed by atoms with Crippen molar-refractivity contribution >= 4 is 68.7 Å². The molecule has 3 aromatic carbocycles. The lowest BCUT2D eigenvalue weighted by molar-refractivity contribution is -0.122. The molecule has 0 bridgehead atoms. The Labute approximate surface area is 220 Å². The molecule has 3 aromatic rings. The lowest BCUT2D eigenvalue weighted by Crippen LogP contribution is -2.54. The number of rotatable bonds is 5. The molecule has 1 N–H and O–H groups in total. The van der Waals surface area contributed by atoms with Gasteiger partial charge >= 0.3 is 6.03 Å². The van der Waals surface area contributed by atoms with E-state index in [0.29, 0.717) is 17.9 Å². The van der Waals surface area contributed by atoms with Crippen LogP contribution < -0.4 is 15.0 Å². The minimum absolute atomic E-state index is 0.168. The van der Waals surface area contributed by atoms with Gasteiger partial charge in [-0.1, -0.05) is 68.5 Å². The molecule has 178 valence electrons. The first-order valence-corrected chi connectivity index (χ1v) is 12.0. The molecule has 0 aromatic heterocycles. The van der Waals surface area contributed by atoms with E-state index in [1.165, 1.54) is 24.3 Å². The topological polar surface area (TPSA) is 75.7 Å². The first-order valence-electron chi connectivity index (χ1n) is 10.5. The van der Waals surface area contributed by atoms with Crippen LogP contribution in [0.15, 0.2) is 64.6 Å². The number of hydrogen-bond donors (Lipinski definition) is 1. The Hall–Kier alpha value is -3.13. The third-order valence-electron chi connectivity index (χ3n) is 5.21. The largest absolute Gasteiger partial charge is 0.488 e. The molecule has 0 aliphatic carbocycles. The van der Waals surface area contributed by atoms with E-state index in [-0.39, 0.29) is 21.3 Å². The normalized spacial score (nSPS) is 14.9. The van der Waals surface area contributed by atoms with Crippen LogP contribution in [0.4, 0.5) is 10.5 Å². The average Bonchev–Trinajstić information content (AvgIpc) is 2.77. The Morgan fingerprint density at radius 3 is 2.34 bits per heavy atom. The van der Waals surface area contributed by atoms with Crippen molar-refractivity contribution < 1.29 is 19.1 Å². The molecule has 35 heavy (non-hydrogen) atoms. The standard InChI is InChI=1S/C26H19BrCl2N2O4/c1-14-7-15(2)9-16(8-14)13-35-23-6-3-18(27)10-17(23)11-20-24(32)30-26(34)31(25(20)33)19-4-5-21(28)22(29)12-19/h3-12H,13H2,1-2H3,(H,30,32,34)/b20-11+. The molecule has 1 aliphatic rings. The molecule has 0 spiro atoms. The third-order valence-corrected chi connectivity index (χ3v) is 6.44. The monoisotopic (exact) mass is 572 g/mol. The van der Waals surface area contributed by atoms with E-state index in [0.717, 1.165) is 26.1 Å². The summed E-state index contributed by atoms with van der Waals surface area (Å²) in [7, 11) is 0. The van der Waals surface area contributed by atoms with Gasteiger partial charge in [0.15, 0.2) is 0 Å². The van der Waals surface area contributed by atoms with E-state index < -0.39 is 17.8 Å². The molecular formula is C26H19BrCl2N2O4. The number of carbonyl (C=O) groups is 3. The number of carbonyl (C=O) groups excluding carboxylic acids is 3. The summed E-state index contributed by atoms with van der Waals surface area (Å²) < 4.78 is 6.77. The number of hydrogen-bond acceptors (Lipinski definition) is 4. The van der Waals surface area contributed by atoms with Crippen molar-refractivity contribution in [1.82, 2.24) is 5.32 Å². The number of nitrogens with zero attached hydrogens (tertiary/aromatic N) is 1. The van der Waals surface area contributed by atoms with Gasteiger partial charge in [0, 0.05) is 10.0 Å². The second-order valence-electron chi connectivity index (χ2n) is 8.02. The zero-order chi connectivity index (χ0) is 25.3. The van der Waals surface area contributed by atoms with Crippen molar-refractivity contribution in [2.45, 2.75) is 20.5 Å². The summed E-state index contributed by atoms with van der Waals surface area (Å²) in [4.78, 5) is 39.2. The van der Waals surface area contributed by atoms with Gasteiger partial charge in [0.05, 0.1) is 15.7 Å². The van der Waals surface area contributed by atoms with E-state index in [2.05, 4.69) is 27.3 Å². The van der Waals surface area contributed by atoms with Crippen molar-refractivity contribution in [1.29, 1.82) is 0 Å². The summed E-state index contributed by atoms with van der Waals surface area (Å²) >= 11 is 15.4. The van der Waals surface area contributed by atoms with Gasteiger partial charge < -0.3 is 4.74 Å². The first kappa shape index (κ1) is 25.0. The van der Waals surface area contributed by atoms with Gasteiger partial charge in [0.2, 0.25) is 0 Å². The number of imide groups is 2. The van der Waals surface area contributed by atoms with E-state index in [1.54, 1.807) is 18.2 Å². The van der Waals surface area contributed by atoms with Crippen molar-refractivity contribution in [2.24, 2.45) is 0 Å². The summed E-state index contributed by atoms with van der Waals surface area (Å²) in [5, 5.41) is 2.64. The minimum atomic E-state index is -0.879. The number of barbiturate groups is 1. The number of amides is 4. The highest BCUT2D eigenvalue weighted by Crippen LogP contribution is 2.31. The maximum atomic E-state index is 13.2. The zero-order valence-electron chi connectivity index (χ0n) is 18.7. The van der Waals surface area contributed by atoms with Crippen LogP contribution in [0.5, 0.6) is 5.75 Å². The Bertz CT molecular complexity index is 1380. The molecule has 0 atom stereocenters. The van der Waals surface area contributed by atoms with E-state index >= 15 is 0 Å². The SMILES string of the molecule is Cc1cc(C)cc(COc2ccc(Br)cc2/C=C2\C(=O)NC(=O)N(c3ccc(Cl)c(Cl)c3)C2=O)c1. The van der Waals surface area contributed by atoms with Gasteiger partial charge in [-0.3, -0.25) is 14.9 Å². The first-order chi connectivity index (χ1) is 16.6. The summed E-state index contributed by atoms with van der Waals surface area (Å²) in [5.74, 6) is -1.13. The van der Waals surface area contributed by atoms with Gasteiger partial charge in [-0.25, -0.2) is 9.69 Å². The number of aryl methyl sites for hydroxylation is 2. The summed E-state index contributed by atoms with van der Waals surface area (Å²) in [6, 6.07) is 14.8. The number of ether oxygens (including phenoxy) is 1. The predicted octanol–water partition coefficient (Wildman–Crippen LogP) is 6.62. The van der Waals surface area contributed by atoms with Crippen LogP contribution in [0, 0.1) is 13.8 Å². The fourth-order valence-corrected chi connectivity index (χ4v) is 4.42. The van der Waals surface area contributed by atoms with Gasteiger partial charge in [-0.2, -0.15) is 0 Å². The maximum absolute atomic E-state index is 13.2. The lowest BCUT2D eigenvalue weighted by Gasteiger charge is -2.26. The van der Waals surface area contributed by atoms with Gasteiger partial charge in [-0.05, 0) is 61.9 Å².